The molecule has 0 radical (unpaired) electrons. The van der Waals surface area contributed by atoms with Crippen LogP contribution in [0.3, 0.4) is 0 Å². The van der Waals surface area contributed by atoms with Gasteiger partial charge in [-0.25, -0.2) is 0 Å². The fourth-order valence-electron chi connectivity index (χ4n) is 2.08. The lowest BCUT2D eigenvalue weighted by molar-refractivity contribution is -0.115. The Morgan fingerprint density at radius 2 is 1.88 bits per heavy atom. The van der Waals surface area contributed by atoms with E-state index in [0.29, 0.717) is 18.2 Å². The predicted molar refractivity (Wildman–Crippen MR) is 87.5 cm³/mol. The summed E-state index contributed by atoms with van der Waals surface area (Å²) in [6.07, 6.45) is 3.28. The molecule has 0 aliphatic heterocycles. The van der Waals surface area contributed by atoms with Gasteiger partial charge in [-0.3, -0.25) is 9.78 Å². The summed E-state index contributed by atoms with van der Waals surface area (Å²) in [6, 6.07) is 10.7. The van der Waals surface area contributed by atoms with Crippen molar-refractivity contribution in [1.82, 2.24) is 15.2 Å². The summed E-state index contributed by atoms with van der Waals surface area (Å²) in [4.78, 5) is 16.0. The summed E-state index contributed by atoms with van der Waals surface area (Å²) in [7, 11) is 0. The van der Waals surface area contributed by atoms with E-state index in [2.05, 4.69) is 20.5 Å². The van der Waals surface area contributed by atoms with E-state index in [1.165, 1.54) is 0 Å². The van der Waals surface area contributed by atoms with Gasteiger partial charge in [0.15, 0.2) is 0 Å². The molecule has 0 spiro atoms. The number of carbonyl (C=O) groups is 1. The average molecular weight is 324 g/mol. The van der Waals surface area contributed by atoms with Crippen molar-refractivity contribution in [1.29, 1.82) is 0 Å². The third kappa shape index (κ3) is 3.95. The first-order chi connectivity index (χ1) is 11.7. The van der Waals surface area contributed by atoms with Gasteiger partial charge in [0.1, 0.15) is 12.2 Å². The lowest BCUT2D eigenvalue weighted by atomic mass is 10.3. The van der Waals surface area contributed by atoms with Crippen molar-refractivity contribution in [2.24, 2.45) is 0 Å². The number of pyridine rings is 1. The van der Waals surface area contributed by atoms with Gasteiger partial charge >= 0.3 is 0 Å². The highest BCUT2D eigenvalue weighted by Crippen LogP contribution is 2.18. The highest BCUT2D eigenvalue weighted by molar-refractivity contribution is 5.91. The van der Waals surface area contributed by atoms with Crippen molar-refractivity contribution in [3.8, 4) is 17.2 Å². The van der Waals surface area contributed by atoms with Crippen molar-refractivity contribution in [3.05, 3.63) is 54.7 Å². The Morgan fingerprint density at radius 3 is 2.58 bits per heavy atom. The van der Waals surface area contributed by atoms with Gasteiger partial charge in [-0.15, -0.1) is 10.2 Å². The van der Waals surface area contributed by atoms with Gasteiger partial charge in [0, 0.05) is 23.6 Å². The van der Waals surface area contributed by atoms with Crippen molar-refractivity contribution in [2.75, 3.05) is 11.9 Å². The lowest BCUT2D eigenvalue weighted by Gasteiger charge is -2.06. The maximum atomic E-state index is 12.1. The highest BCUT2D eigenvalue weighted by Gasteiger charge is 2.12. The number of ether oxygens (including phenoxy) is 1. The van der Waals surface area contributed by atoms with Crippen LogP contribution < -0.4 is 10.1 Å². The minimum absolute atomic E-state index is 0.00525. The first kappa shape index (κ1) is 15.7. The van der Waals surface area contributed by atoms with Crippen LogP contribution in [0.1, 0.15) is 12.8 Å². The van der Waals surface area contributed by atoms with Crippen molar-refractivity contribution >= 4 is 11.6 Å². The molecule has 0 aliphatic rings. The average Bonchev–Trinajstić information content (AvgIpc) is 3.06. The van der Waals surface area contributed by atoms with Crippen LogP contribution in [0.15, 0.2) is 53.2 Å². The maximum Gasteiger partial charge on any atom is 0.247 e. The Balaban J connectivity index is 1.60. The zero-order valence-electron chi connectivity index (χ0n) is 13.1. The van der Waals surface area contributed by atoms with Gasteiger partial charge in [0.25, 0.3) is 0 Å². The molecule has 24 heavy (non-hydrogen) atoms. The van der Waals surface area contributed by atoms with Gasteiger partial charge in [-0.05, 0) is 43.3 Å². The molecule has 1 aromatic carbocycles. The molecule has 7 heteroatoms. The zero-order valence-corrected chi connectivity index (χ0v) is 13.1. The Morgan fingerprint density at radius 1 is 1.12 bits per heavy atom. The molecule has 2 aromatic heterocycles. The van der Waals surface area contributed by atoms with Crippen LogP contribution in [0.5, 0.6) is 5.75 Å². The van der Waals surface area contributed by atoms with E-state index in [4.69, 9.17) is 9.15 Å². The van der Waals surface area contributed by atoms with Crippen LogP contribution >= 0.6 is 0 Å². The quantitative estimate of drug-likeness (QED) is 0.750. The topological polar surface area (TPSA) is 90.1 Å². The second kappa shape index (κ2) is 7.36. The molecule has 0 fully saturated rings. The van der Waals surface area contributed by atoms with Crippen LogP contribution in [0.2, 0.25) is 0 Å². The maximum absolute atomic E-state index is 12.1. The number of hydrogen-bond donors (Lipinski definition) is 1. The molecule has 0 aliphatic carbocycles. The zero-order chi connectivity index (χ0) is 16.8. The molecule has 7 nitrogen and oxygen atoms in total. The Labute approximate surface area is 138 Å². The molecular formula is C17H16N4O3. The molecule has 2 heterocycles. The summed E-state index contributed by atoms with van der Waals surface area (Å²) >= 11 is 0. The standard InChI is InChI=1S/C17H16N4O3/c1-2-23-14-5-3-13(4-6-14)19-15(22)11-16-20-21-17(24-16)12-7-9-18-10-8-12/h3-10H,2,11H2,1H3,(H,19,22). The SMILES string of the molecule is CCOc1ccc(NC(=O)Cc2nnc(-c3ccncc3)o2)cc1. The molecule has 1 amide bonds. The smallest absolute Gasteiger partial charge is 0.247 e. The van der Waals surface area contributed by atoms with E-state index in [1.54, 1.807) is 48.8 Å². The largest absolute Gasteiger partial charge is 0.494 e. The van der Waals surface area contributed by atoms with E-state index >= 15 is 0 Å². The third-order valence-corrected chi connectivity index (χ3v) is 3.15. The first-order valence-electron chi connectivity index (χ1n) is 7.50. The number of aromatic nitrogens is 3. The molecule has 3 rings (SSSR count). The Kier molecular flexibility index (Phi) is 4.81. The van der Waals surface area contributed by atoms with Gasteiger partial charge in [0.05, 0.1) is 6.61 Å². The number of carbonyl (C=O) groups excluding carboxylic acids is 1. The number of anilines is 1. The van der Waals surface area contributed by atoms with E-state index in [0.717, 1.165) is 11.3 Å². The van der Waals surface area contributed by atoms with Crippen LogP contribution in [-0.4, -0.2) is 27.7 Å². The summed E-state index contributed by atoms with van der Waals surface area (Å²) in [5.41, 5.74) is 1.44. The van der Waals surface area contributed by atoms with E-state index < -0.39 is 0 Å². The van der Waals surface area contributed by atoms with E-state index in [1.807, 2.05) is 6.92 Å². The van der Waals surface area contributed by atoms with E-state index in [9.17, 15) is 4.79 Å². The summed E-state index contributed by atoms with van der Waals surface area (Å²) in [5.74, 6) is 1.14. The molecule has 0 saturated carbocycles. The summed E-state index contributed by atoms with van der Waals surface area (Å²) in [6.45, 7) is 2.52. The molecule has 0 unspecified atom stereocenters. The predicted octanol–water partition coefficient (Wildman–Crippen LogP) is 2.71. The second-order valence-electron chi connectivity index (χ2n) is 4.92. The summed E-state index contributed by atoms with van der Waals surface area (Å²) in [5, 5.41) is 10.6. The monoisotopic (exact) mass is 324 g/mol. The molecule has 0 bridgehead atoms. The van der Waals surface area contributed by atoms with Gasteiger partial charge in [-0.2, -0.15) is 0 Å². The minimum atomic E-state index is -0.232. The molecular weight excluding hydrogens is 308 g/mol. The molecule has 1 N–H and O–H groups in total. The number of hydrogen-bond acceptors (Lipinski definition) is 6. The van der Waals surface area contributed by atoms with Gasteiger partial charge < -0.3 is 14.5 Å². The van der Waals surface area contributed by atoms with Gasteiger partial charge in [0.2, 0.25) is 17.7 Å². The van der Waals surface area contributed by atoms with Crippen LogP contribution in [0, 0.1) is 0 Å². The van der Waals surface area contributed by atoms with Crippen LogP contribution in [-0.2, 0) is 11.2 Å². The molecule has 0 saturated heterocycles. The van der Waals surface area contributed by atoms with Crippen LogP contribution in [0.25, 0.3) is 11.5 Å². The molecule has 122 valence electrons. The van der Waals surface area contributed by atoms with Crippen molar-refractivity contribution in [2.45, 2.75) is 13.3 Å². The third-order valence-electron chi connectivity index (χ3n) is 3.15. The second-order valence-corrected chi connectivity index (χ2v) is 4.92. The molecule has 0 atom stereocenters. The first-order valence-corrected chi connectivity index (χ1v) is 7.50. The van der Waals surface area contributed by atoms with Crippen molar-refractivity contribution < 1.29 is 13.9 Å². The Hall–Kier alpha value is -3.22. The number of rotatable bonds is 6. The summed E-state index contributed by atoms with van der Waals surface area (Å²) < 4.78 is 10.9. The number of benzene rings is 1. The van der Waals surface area contributed by atoms with Gasteiger partial charge in [-0.1, -0.05) is 0 Å². The normalized spacial score (nSPS) is 10.4. The molecule has 3 aromatic rings. The number of nitrogens with one attached hydrogen (secondary N) is 1. The Bertz CT molecular complexity index is 800. The minimum Gasteiger partial charge on any atom is -0.494 e. The number of nitrogens with zero attached hydrogens (tertiary/aromatic N) is 3. The lowest BCUT2D eigenvalue weighted by Crippen LogP contribution is -2.14. The van der Waals surface area contributed by atoms with Crippen LogP contribution in [0.4, 0.5) is 5.69 Å². The number of amides is 1. The fraction of sp³-hybridized carbons (Fsp3) is 0.176. The van der Waals surface area contributed by atoms with Crippen molar-refractivity contribution in [3.63, 3.8) is 0 Å². The fourth-order valence-corrected chi connectivity index (χ4v) is 2.08. The highest BCUT2D eigenvalue weighted by atomic mass is 16.5. The van der Waals surface area contributed by atoms with E-state index in [-0.39, 0.29) is 18.2 Å².